The number of amides is 1. The van der Waals surface area contributed by atoms with Gasteiger partial charge in [0.05, 0.1) is 12.7 Å². The largest absolute Gasteiger partial charge is 0.467 e. The van der Waals surface area contributed by atoms with E-state index < -0.39 is 12.0 Å². The average Bonchev–Trinajstić information content (AvgIpc) is 2.77. The van der Waals surface area contributed by atoms with E-state index in [1.807, 2.05) is 13.8 Å². The van der Waals surface area contributed by atoms with Gasteiger partial charge in [-0.05, 0) is 18.1 Å². The van der Waals surface area contributed by atoms with E-state index in [1.165, 1.54) is 7.11 Å². The molecule has 1 N–H and O–H groups in total. The second-order valence-corrected chi connectivity index (χ2v) is 3.80. The van der Waals surface area contributed by atoms with Crippen LogP contribution in [0.2, 0.25) is 0 Å². The number of hydrogen-bond donors (Lipinski definition) is 1. The third-order valence-electron chi connectivity index (χ3n) is 2.25. The summed E-state index contributed by atoms with van der Waals surface area (Å²) in [5.74, 6) is -0.768. The molecular weight excluding hydrogens is 206 g/mol. The van der Waals surface area contributed by atoms with Crippen LogP contribution in [0.1, 0.15) is 13.8 Å². The lowest BCUT2D eigenvalue weighted by molar-refractivity contribution is -0.145. The van der Waals surface area contributed by atoms with Crippen molar-refractivity contribution < 1.29 is 14.3 Å². The Labute approximate surface area is 94.7 Å². The highest BCUT2D eigenvalue weighted by Gasteiger charge is 2.25. The van der Waals surface area contributed by atoms with Crippen molar-refractivity contribution in [1.82, 2.24) is 5.32 Å². The van der Waals surface area contributed by atoms with E-state index in [0.717, 1.165) is 0 Å². The molecule has 1 rings (SSSR count). The van der Waals surface area contributed by atoms with Gasteiger partial charge in [0.15, 0.2) is 0 Å². The number of allylic oxidation sites excluding steroid dienone is 1. The van der Waals surface area contributed by atoms with Crippen molar-refractivity contribution in [2.45, 2.75) is 19.9 Å². The standard InChI is InChI=1S/C12H15NO3/c1-8(2)10(12(15)16-3)13-11(14)9-6-4-5-7-9/h4-6,8,10H,1-3H3,(H,13,14)/t10-/m0/s1. The van der Waals surface area contributed by atoms with Crippen molar-refractivity contribution in [2.24, 2.45) is 5.92 Å². The second kappa shape index (κ2) is 5.33. The Morgan fingerprint density at radius 2 is 2.12 bits per heavy atom. The summed E-state index contributed by atoms with van der Waals surface area (Å²) in [6, 6.07) is -0.624. The van der Waals surface area contributed by atoms with Crippen LogP contribution in [-0.2, 0) is 14.3 Å². The maximum atomic E-state index is 11.7. The molecule has 0 unspecified atom stereocenters. The van der Waals surface area contributed by atoms with E-state index in [-0.39, 0.29) is 11.8 Å². The Kier molecular flexibility index (Phi) is 4.09. The number of ether oxygens (including phenoxy) is 1. The minimum atomic E-state index is -0.624. The first-order chi connectivity index (χ1) is 7.56. The van der Waals surface area contributed by atoms with Crippen LogP contribution in [0.25, 0.3) is 0 Å². The van der Waals surface area contributed by atoms with Gasteiger partial charge in [0.25, 0.3) is 5.91 Å². The molecule has 0 aliphatic heterocycles. The number of rotatable bonds is 4. The summed E-state index contributed by atoms with van der Waals surface area (Å²) in [6.07, 6.45) is 5.01. The van der Waals surface area contributed by atoms with Gasteiger partial charge in [0.1, 0.15) is 6.04 Å². The van der Waals surface area contributed by atoms with Crippen molar-refractivity contribution in [3.63, 3.8) is 0 Å². The molecule has 0 aromatic heterocycles. The lowest BCUT2D eigenvalue weighted by Crippen LogP contribution is -2.45. The summed E-state index contributed by atoms with van der Waals surface area (Å²) in [5, 5.41) is 2.62. The highest BCUT2D eigenvalue weighted by molar-refractivity contribution is 5.98. The van der Waals surface area contributed by atoms with Gasteiger partial charge in [-0.2, -0.15) is 0 Å². The maximum absolute atomic E-state index is 11.7. The fraction of sp³-hybridized carbons (Fsp3) is 0.417. The molecule has 1 amide bonds. The van der Waals surface area contributed by atoms with Crippen molar-refractivity contribution in [1.29, 1.82) is 0 Å². The highest BCUT2D eigenvalue weighted by Crippen LogP contribution is 2.07. The topological polar surface area (TPSA) is 55.4 Å². The predicted octanol–water partition coefficient (Wildman–Crippen LogP) is 0.952. The van der Waals surface area contributed by atoms with Crippen LogP contribution >= 0.6 is 0 Å². The molecule has 0 saturated heterocycles. The smallest absolute Gasteiger partial charge is 0.328 e. The fourth-order valence-electron chi connectivity index (χ4n) is 1.32. The number of carbonyl (C=O) groups is 2. The summed E-state index contributed by atoms with van der Waals surface area (Å²) in [6.45, 7) is 3.69. The first-order valence-electron chi connectivity index (χ1n) is 5.08. The lowest BCUT2D eigenvalue weighted by Gasteiger charge is -2.19. The Hall–Kier alpha value is -1.80. The van der Waals surface area contributed by atoms with Crippen LogP contribution in [0.5, 0.6) is 0 Å². The summed E-state index contributed by atoms with van der Waals surface area (Å²) in [4.78, 5) is 23.1. The van der Waals surface area contributed by atoms with Crippen LogP contribution in [-0.4, -0.2) is 25.0 Å². The van der Waals surface area contributed by atoms with Gasteiger partial charge in [0.2, 0.25) is 0 Å². The Morgan fingerprint density at radius 1 is 1.44 bits per heavy atom. The average molecular weight is 221 g/mol. The van der Waals surface area contributed by atoms with E-state index in [9.17, 15) is 9.59 Å². The molecular formula is C12H15NO3. The van der Waals surface area contributed by atoms with E-state index >= 15 is 0 Å². The number of hydrogen-bond acceptors (Lipinski definition) is 3. The minimum absolute atomic E-state index is 0.0219. The Balaban J connectivity index is 2.69. The molecule has 0 saturated carbocycles. The molecule has 0 aromatic carbocycles. The van der Waals surface area contributed by atoms with E-state index in [4.69, 9.17) is 0 Å². The van der Waals surface area contributed by atoms with Crippen molar-refractivity contribution >= 4 is 11.9 Å². The summed E-state index contributed by atoms with van der Waals surface area (Å²) in [7, 11) is 1.30. The van der Waals surface area contributed by atoms with Crippen LogP contribution in [0.4, 0.5) is 0 Å². The quantitative estimate of drug-likeness (QED) is 0.568. The Morgan fingerprint density at radius 3 is 2.56 bits per heavy atom. The van der Waals surface area contributed by atoms with Crippen molar-refractivity contribution in [3.05, 3.63) is 29.5 Å². The molecule has 86 valence electrons. The molecule has 1 aliphatic carbocycles. The molecule has 4 nitrogen and oxygen atoms in total. The molecule has 16 heavy (non-hydrogen) atoms. The molecule has 1 aliphatic rings. The van der Waals surface area contributed by atoms with Crippen LogP contribution in [0.15, 0.2) is 29.5 Å². The third-order valence-corrected chi connectivity index (χ3v) is 2.25. The normalized spacial score (nSPS) is 14.9. The Bertz CT molecular complexity index is 387. The van der Waals surface area contributed by atoms with Crippen molar-refractivity contribution in [2.75, 3.05) is 7.11 Å². The highest BCUT2D eigenvalue weighted by atomic mass is 16.5. The zero-order valence-corrected chi connectivity index (χ0v) is 9.61. The molecule has 0 aromatic rings. The van der Waals surface area contributed by atoms with Gasteiger partial charge in [0, 0.05) is 0 Å². The van der Waals surface area contributed by atoms with E-state index in [0.29, 0.717) is 5.57 Å². The van der Waals surface area contributed by atoms with Crippen LogP contribution < -0.4 is 5.32 Å². The second-order valence-electron chi connectivity index (χ2n) is 3.80. The SMILES string of the molecule is COC(=O)[C@@H](NC(=O)C1=C=CC=C1)C(C)C. The fourth-order valence-corrected chi connectivity index (χ4v) is 1.32. The third kappa shape index (κ3) is 2.84. The number of nitrogens with one attached hydrogen (secondary N) is 1. The molecule has 4 heteroatoms. The first-order valence-corrected chi connectivity index (χ1v) is 5.08. The van der Waals surface area contributed by atoms with Gasteiger partial charge in [-0.1, -0.05) is 19.9 Å². The van der Waals surface area contributed by atoms with Gasteiger partial charge in [-0.25, -0.2) is 4.79 Å². The van der Waals surface area contributed by atoms with Crippen LogP contribution in [0, 0.1) is 5.92 Å². The predicted molar refractivity (Wildman–Crippen MR) is 59.5 cm³/mol. The molecule has 0 heterocycles. The number of esters is 1. The molecule has 1 atom stereocenters. The van der Waals surface area contributed by atoms with Gasteiger partial charge in [-0.15, -0.1) is 5.73 Å². The van der Waals surface area contributed by atoms with E-state index in [2.05, 4.69) is 15.8 Å². The molecule has 0 bridgehead atoms. The minimum Gasteiger partial charge on any atom is -0.467 e. The summed E-state index contributed by atoms with van der Waals surface area (Å²) >= 11 is 0. The zero-order chi connectivity index (χ0) is 12.1. The number of methoxy groups -OCH3 is 1. The number of carbonyl (C=O) groups excluding carboxylic acids is 2. The lowest BCUT2D eigenvalue weighted by atomic mass is 10.0. The van der Waals surface area contributed by atoms with Gasteiger partial charge >= 0.3 is 5.97 Å². The monoisotopic (exact) mass is 221 g/mol. The zero-order valence-electron chi connectivity index (χ0n) is 9.61. The molecule has 0 radical (unpaired) electrons. The van der Waals surface area contributed by atoms with Crippen molar-refractivity contribution in [3.8, 4) is 0 Å². The summed E-state index contributed by atoms with van der Waals surface area (Å²) in [5.41, 5.74) is 3.20. The summed E-state index contributed by atoms with van der Waals surface area (Å²) < 4.78 is 4.63. The van der Waals surface area contributed by atoms with Gasteiger partial charge < -0.3 is 10.1 Å². The van der Waals surface area contributed by atoms with E-state index in [1.54, 1.807) is 18.2 Å². The maximum Gasteiger partial charge on any atom is 0.328 e. The molecule has 0 fully saturated rings. The van der Waals surface area contributed by atoms with Gasteiger partial charge in [-0.3, -0.25) is 4.79 Å². The molecule has 0 spiro atoms. The first kappa shape index (κ1) is 12.3. The van der Waals surface area contributed by atoms with Crippen LogP contribution in [0.3, 0.4) is 0 Å².